The minimum absolute atomic E-state index is 0.0851. The zero-order valence-corrected chi connectivity index (χ0v) is 17.9. The molecule has 5 heteroatoms. The van der Waals surface area contributed by atoms with Crippen molar-refractivity contribution in [3.8, 4) is 5.75 Å². The molecule has 0 spiro atoms. The predicted octanol–water partition coefficient (Wildman–Crippen LogP) is 6.58. The molecule has 1 heterocycles. The lowest BCUT2D eigenvalue weighted by Gasteiger charge is -2.21. The van der Waals surface area contributed by atoms with Crippen molar-refractivity contribution in [2.75, 3.05) is 12.0 Å². The van der Waals surface area contributed by atoms with Crippen molar-refractivity contribution >= 4 is 50.9 Å². The molecule has 4 rings (SSSR count). The van der Waals surface area contributed by atoms with Crippen molar-refractivity contribution in [1.29, 1.82) is 0 Å². The maximum absolute atomic E-state index is 13.3. The molecule has 1 aliphatic rings. The van der Waals surface area contributed by atoms with Gasteiger partial charge >= 0.3 is 0 Å². The topological polar surface area (TPSA) is 29.5 Å². The van der Waals surface area contributed by atoms with Crippen LogP contribution in [0.15, 0.2) is 88.9 Å². The third-order valence-corrected chi connectivity index (χ3v) is 5.51. The van der Waals surface area contributed by atoms with Gasteiger partial charge in [0.2, 0.25) is 0 Å². The lowest BCUT2D eigenvalue weighted by atomic mass is 10.1. The number of ether oxygens (including phenoxy) is 1. The number of methoxy groups -OCH3 is 1. The lowest BCUT2D eigenvalue weighted by Crippen LogP contribution is -2.24. The fourth-order valence-electron chi connectivity index (χ4n) is 3.24. The van der Waals surface area contributed by atoms with Crippen LogP contribution in [-0.4, -0.2) is 13.0 Å². The molecule has 0 unspecified atom stereocenters. The second kappa shape index (κ2) is 8.27. The van der Waals surface area contributed by atoms with Crippen LogP contribution in [0, 0.1) is 0 Å². The van der Waals surface area contributed by atoms with Gasteiger partial charge in [0.25, 0.3) is 5.91 Å². The molecule has 1 amide bonds. The standard InChI is InChI=1S/C24H17BrClNO2/c1-29-23-12-7-16(14-21(23)25)13-18-15-22(17-5-3-2-4-6-17)27(24(18)28)20-10-8-19(26)9-11-20/h2-15H,1H3/b18-13+. The van der Waals surface area contributed by atoms with E-state index in [0.29, 0.717) is 10.6 Å². The summed E-state index contributed by atoms with van der Waals surface area (Å²) in [6, 6.07) is 22.9. The number of carbonyl (C=O) groups excluding carboxylic acids is 1. The van der Waals surface area contributed by atoms with Crippen LogP contribution >= 0.6 is 27.5 Å². The van der Waals surface area contributed by atoms with Crippen LogP contribution in [0.3, 0.4) is 0 Å². The highest BCUT2D eigenvalue weighted by atomic mass is 79.9. The SMILES string of the molecule is COc1ccc(/C=C2\C=C(c3ccccc3)N(c3ccc(Cl)cc3)C2=O)cc1Br. The summed E-state index contributed by atoms with van der Waals surface area (Å²) in [6.45, 7) is 0. The molecule has 3 aromatic carbocycles. The number of halogens is 2. The molecule has 0 fully saturated rings. The molecule has 0 radical (unpaired) electrons. The molecule has 0 saturated carbocycles. The van der Waals surface area contributed by atoms with E-state index in [-0.39, 0.29) is 5.91 Å². The Morgan fingerprint density at radius 3 is 2.38 bits per heavy atom. The monoisotopic (exact) mass is 465 g/mol. The van der Waals surface area contributed by atoms with Gasteiger partial charge in [-0.15, -0.1) is 0 Å². The molecule has 0 aromatic heterocycles. The quantitative estimate of drug-likeness (QED) is 0.406. The van der Waals surface area contributed by atoms with Gasteiger partial charge in [0.05, 0.1) is 17.3 Å². The Kier molecular flexibility index (Phi) is 5.56. The third kappa shape index (κ3) is 4.00. The highest BCUT2D eigenvalue weighted by Gasteiger charge is 2.30. The molecule has 29 heavy (non-hydrogen) atoms. The van der Waals surface area contributed by atoms with Crippen LogP contribution in [0.25, 0.3) is 11.8 Å². The summed E-state index contributed by atoms with van der Waals surface area (Å²) in [5, 5.41) is 0.629. The summed E-state index contributed by atoms with van der Waals surface area (Å²) in [5.74, 6) is 0.659. The summed E-state index contributed by atoms with van der Waals surface area (Å²) in [4.78, 5) is 15.0. The second-order valence-electron chi connectivity index (χ2n) is 6.51. The van der Waals surface area contributed by atoms with Crippen molar-refractivity contribution in [3.63, 3.8) is 0 Å². The maximum Gasteiger partial charge on any atom is 0.262 e. The predicted molar refractivity (Wildman–Crippen MR) is 122 cm³/mol. The fraction of sp³-hybridized carbons (Fsp3) is 0.0417. The number of amides is 1. The number of nitrogens with zero attached hydrogens (tertiary/aromatic N) is 1. The van der Waals surface area contributed by atoms with Crippen LogP contribution in [0.5, 0.6) is 5.75 Å². The molecule has 1 aliphatic heterocycles. The third-order valence-electron chi connectivity index (χ3n) is 4.64. The van der Waals surface area contributed by atoms with E-state index in [1.807, 2.05) is 72.8 Å². The van der Waals surface area contributed by atoms with E-state index in [2.05, 4.69) is 15.9 Å². The fourth-order valence-corrected chi connectivity index (χ4v) is 3.92. The molecule has 3 aromatic rings. The van der Waals surface area contributed by atoms with E-state index in [9.17, 15) is 4.79 Å². The first kappa shape index (κ1) is 19.5. The van der Waals surface area contributed by atoms with E-state index in [0.717, 1.165) is 32.7 Å². The number of hydrogen-bond donors (Lipinski definition) is 0. The van der Waals surface area contributed by atoms with Crippen molar-refractivity contribution in [1.82, 2.24) is 0 Å². The minimum atomic E-state index is -0.0851. The maximum atomic E-state index is 13.3. The Hall–Kier alpha value is -2.82. The highest BCUT2D eigenvalue weighted by Crippen LogP contribution is 2.36. The average molecular weight is 467 g/mol. The average Bonchev–Trinajstić information content (AvgIpc) is 3.06. The molecule has 3 nitrogen and oxygen atoms in total. The first-order valence-corrected chi connectivity index (χ1v) is 10.2. The van der Waals surface area contributed by atoms with Crippen LogP contribution in [0.4, 0.5) is 5.69 Å². The van der Waals surface area contributed by atoms with E-state index >= 15 is 0 Å². The first-order chi connectivity index (χ1) is 14.1. The molecule has 0 bridgehead atoms. The van der Waals surface area contributed by atoms with E-state index in [1.54, 1.807) is 24.1 Å². The van der Waals surface area contributed by atoms with E-state index in [1.165, 1.54) is 0 Å². The summed E-state index contributed by atoms with van der Waals surface area (Å²) in [7, 11) is 1.62. The van der Waals surface area contributed by atoms with Gasteiger partial charge < -0.3 is 4.74 Å². The van der Waals surface area contributed by atoms with Crippen molar-refractivity contribution in [2.45, 2.75) is 0 Å². The Labute approximate surface area is 183 Å². The summed E-state index contributed by atoms with van der Waals surface area (Å²) < 4.78 is 6.12. The van der Waals surface area contributed by atoms with Crippen LogP contribution in [-0.2, 0) is 4.79 Å². The zero-order valence-electron chi connectivity index (χ0n) is 15.6. The number of anilines is 1. The molecule has 0 N–H and O–H groups in total. The Balaban J connectivity index is 1.79. The molecular weight excluding hydrogens is 450 g/mol. The molecule has 0 aliphatic carbocycles. The number of hydrogen-bond acceptors (Lipinski definition) is 2. The van der Waals surface area contributed by atoms with Gasteiger partial charge in [-0.25, -0.2) is 0 Å². The second-order valence-corrected chi connectivity index (χ2v) is 7.80. The van der Waals surface area contributed by atoms with Gasteiger partial charge in [0.15, 0.2) is 0 Å². The van der Waals surface area contributed by atoms with Crippen LogP contribution in [0.1, 0.15) is 11.1 Å². The Bertz CT molecular complexity index is 1120. The highest BCUT2D eigenvalue weighted by molar-refractivity contribution is 9.10. The van der Waals surface area contributed by atoms with Gasteiger partial charge in [-0.3, -0.25) is 9.69 Å². The van der Waals surface area contributed by atoms with Gasteiger partial charge in [-0.2, -0.15) is 0 Å². The largest absolute Gasteiger partial charge is 0.496 e. The number of benzene rings is 3. The molecule has 0 saturated heterocycles. The van der Waals surface area contributed by atoms with Gasteiger partial charge in [-0.1, -0.05) is 48.0 Å². The molecular formula is C24H17BrClNO2. The first-order valence-electron chi connectivity index (χ1n) is 8.99. The van der Waals surface area contributed by atoms with Crippen LogP contribution < -0.4 is 9.64 Å². The number of carbonyl (C=O) groups is 1. The van der Waals surface area contributed by atoms with Crippen LogP contribution in [0.2, 0.25) is 5.02 Å². The number of rotatable bonds is 4. The molecule has 144 valence electrons. The van der Waals surface area contributed by atoms with Gasteiger partial charge in [-0.05, 0) is 75.6 Å². The minimum Gasteiger partial charge on any atom is -0.496 e. The van der Waals surface area contributed by atoms with Gasteiger partial charge in [0, 0.05) is 16.3 Å². The summed E-state index contributed by atoms with van der Waals surface area (Å²) in [6.07, 6.45) is 3.80. The normalized spacial score (nSPS) is 15.0. The van der Waals surface area contributed by atoms with E-state index < -0.39 is 0 Å². The Morgan fingerprint density at radius 1 is 1.00 bits per heavy atom. The van der Waals surface area contributed by atoms with Crippen molar-refractivity contribution < 1.29 is 9.53 Å². The summed E-state index contributed by atoms with van der Waals surface area (Å²) in [5.41, 5.74) is 4.08. The Morgan fingerprint density at radius 2 is 1.72 bits per heavy atom. The van der Waals surface area contributed by atoms with Gasteiger partial charge in [0.1, 0.15) is 5.75 Å². The lowest BCUT2D eigenvalue weighted by molar-refractivity contribution is -0.113. The zero-order chi connectivity index (χ0) is 20.4. The van der Waals surface area contributed by atoms with Crippen molar-refractivity contribution in [2.24, 2.45) is 0 Å². The van der Waals surface area contributed by atoms with Crippen molar-refractivity contribution in [3.05, 3.63) is 105 Å². The summed E-state index contributed by atoms with van der Waals surface area (Å²) >= 11 is 9.54. The van der Waals surface area contributed by atoms with E-state index in [4.69, 9.17) is 16.3 Å². The molecule has 0 atom stereocenters. The smallest absolute Gasteiger partial charge is 0.262 e.